The molecule has 0 aliphatic heterocycles. The van der Waals surface area contributed by atoms with E-state index in [1.807, 2.05) is 13.8 Å². The van der Waals surface area contributed by atoms with Crippen molar-refractivity contribution in [3.63, 3.8) is 0 Å². The topological polar surface area (TPSA) is 78.9 Å². The van der Waals surface area contributed by atoms with E-state index in [4.69, 9.17) is 14.2 Å². The number of carbonyl (C=O) groups is 3. The summed E-state index contributed by atoms with van der Waals surface area (Å²) in [5.41, 5.74) is 0.444. The third-order valence-corrected chi connectivity index (χ3v) is 3.86. The van der Waals surface area contributed by atoms with Gasteiger partial charge in [0.15, 0.2) is 0 Å². The normalized spacial score (nSPS) is 11.4. The van der Waals surface area contributed by atoms with Gasteiger partial charge in [-0.25, -0.2) is 9.59 Å². The van der Waals surface area contributed by atoms with Gasteiger partial charge in [-0.05, 0) is 42.3 Å². The number of hydrogen-bond acceptors (Lipinski definition) is 6. The molecule has 0 saturated heterocycles. The van der Waals surface area contributed by atoms with Gasteiger partial charge in [0.05, 0.1) is 12.2 Å². The SMILES string of the molecule is CCC(C)COC(=O)c1ccccc1OC(=O)c1ccc(OC(C)=O)cc1. The summed E-state index contributed by atoms with van der Waals surface area (Å²) in [6, 6.07) is 12.3. The minimum absolute atomic E-state index is 0.126. The number of hydrogen-bond donors (Lipinski definition) is 0. The van der Waals surface area contributed by atoms with Gasteiger partial charge >= 0.3 is 17.9 Å². The van der Waals surface area contributed by atoms with Crippen molar-refractivity contribution in [2.45, 2.75) is 27.2 Å². The molecule has 0 aromatic heterocycles. The molecule has 0 amide bonds. The molecule has 0 bridgehead atoms. The van der Waals surface area contributed by atoms with Crippen LogP contribution < -0.4 is 9.47 Å². The number of esters is 3. The van der Waals surface area contributed by atoms with Crippen molar-refractivity contribution in [2.75, 3.05) is 6.61 Å². The summed E-state index contributed by atoms with van der Waals surface area (Å²) in [4.78, 5) is 35.6. The summed E-state index contributed by atoms with van der Waals surface area (Å²) in [6.45, 7) is 5.59. The Hall–Kier alpha value is -3.15. The molecule has 142 valence electrons. The van der Waals surface area contributed by atoms with Gasteiger partial charge in [-0.3, -0.25) is 4.79 Å². The van der Waals surface area contributed by atoms with Gasteiger partial charge in [-0.2, -0.15) is 0 Å². The van der Waals surface area contributed by atoms with E-state index in [-0.39, 0.29) is 22.8 Å². The van der Waals surface area contributed by atoms with Crippen molar-refractivity contribution >= 4 is 17.9 Å². The summed E-state index contributed by atoms with van der Waals surface area (Å²) >= 11 is 0. The molecular weight excluding hydrogens is 348 g/mol. The van der Waals surface area contributed by atoms with Crippen LogP contribution in [0.4, 0.5) is 0 Å². The van der Waals surface area contributed by atoms with E-state index in [0.717, 1.165) is 6.42 Å². The van der Waals surface area contributed by atoms with E-state index in [1.54, 1.807) is 18.2 Å². The third-order valence-electron chi connectivity index (χ3n) is 3.86. The highest BCUT2D eigenvalue weighted by atomic mass is 16.6. The molecule has 6 heteroatoms. The molecule has 1 atom stereocenters. The second-order valence-corrected chi connectivity index (χ2v) is 6.12. The number of benzene rings is 2. The molecule has 0 aliphatic rings. The summed E-state index contributed by atoms with van der Waals surface area (Å²) in [5, 5.41) is 0. The van der Waals surface area contributed by atoms with Crippen LogP contribution in [0.3, 0.4) is 0 Å². The van der Waals surface area contributed by atoms with Crippen LogP contribution >= 0.6 is 0 Å². The molecule has 0 spiro atoms. The Balaban J connectivity index is 2.09. The highest BCUT2D eigenvalue weighted by molar-refractivity contribution is 5.96. The van der Waals surface area contributed by atoms with Gasteiger partial charge in [0.25, 0.3) is 0 Å². The number of ether oxygens (including phenoxy) is 3. The highest BCUT2D eigenvalue weighted by Crippen LogP contribution is 2.21. The Morgan fingerprint density at radius 2 is 1.59 bits per heavy atom. The fourth-order valence-corrected chi connectivity index (χ4v) is 2.12. The van der Waals surface area contributed by atoms with Crippen LogP contribution in [0, 0.1) is 5.92 Å². The van der Waals surface area contributed by atoms with Gasteiger partial charge < -0.3 is 14.2 Å². The zero-order valence-corrected chi connectivity index (χ0v) is 15.6. The second-order valence-electron chi connectivity index (χ2n) is 6.12. The second kappa shape index (κ2) is 9.52. The number of carbonyl (C=O) groups excluding carboxylic acids is 3. The Morgan fingerprint density at radius 3 is 2.22 bits per heavy atom. The summed E-state index contributed by atoms with van der Waals surface area (Å²) in [6.07, 6.45) is 0.896. The average Bonchev–Trinajstić information content (AvgIpc) is 2.66. The van der Waals surface area contributed by atoms with Gasteiger partial charge in [0.2, 0.25) is 0 Å². The lowest BCUT2D eigenvalue weighted by Gasteiger charge is -2.12. The van der Waals surface area contributed by atoms with Crippen molar-refractivity contribution in [3.8, 4) is 11.5 Å². The van der Waals surface area contributed by atoms with E-state index >= 15 is 0 Å². The quantitative estimate of drug-likeness (QED) is 0.541. The van der Waals surface area contributed by atoms with E-state index in [2.05, 4.69) is 0 Å². The molecule has 0 N–H and O–H groups in total. The van der Waals surface area contributed by atoms with Crippen LogP contribution in [0.2, 0.25) is 0 Å². The Kier molecular flexibility index (Phi) is 7.11. The average molecular weight is 370 g/mol. The molecule has 0 aliphatic carbocycles. The summed E-state index contributed by atoms with van der Waals surface area (Å²) < 4.78 is 15.6. The Labute approximate surface area is 158 Å². The molecule has 2 aromatic rings. The van der Waals surface area contributed by atoms with Crippen LogP contribution in [-0.2, 0) is 9.53 Å². The molecule has 0 saturated carbocycles. The first-order valence-corrected chi connectivity index (χ1v) is 8.67. The molecule has 2 aromatic carbocycles. The van der Waals surface area contributed by atoms with Gasteiger partial charge in [0.1, 0.15) is 17.1 Å². The van der Waals surface area contributed by atoms with Crippen LogP contribution in [0.25, 0.3) is 0 Å². The van der Waals surface area contributed by atoms with Crippen LogP contribution in [0.1, 0.15) is 47.9 Å². The highest BCUT2D eigenvalue weighted by Gasteiger charge is 2.18. The zero-order valence-electron chi connectivity index (χ0n) is 15.6. The predicted molar refractivity (Wildman–Crippen MR) is 98.9 cm³/mol. The van der Waals surface area contributed by atoms with E-state index < -0.39 is 17.9 Å². The predicted octanol–water partition coefficient (Wildman–Crippen LogP) is 4.03. The van der Waals surface area contributed by atoms with Crippen molar-refractivity contribution in [1.29, 1.82) is 0 Å². The summed E-state index contributed by atoms with van der Waals surface area (Å²) in [7, 11) is 0. The number of rotatable bonds is 7. The molecule has 0 radical (unpaired) electrons. The maximum atomic E-state index is 12.4. The lowest BCUT2D eigenvalue weighted by molar-refractivity contribution is -0.131. The van der Waals surface area contributed by atoms with Gasteiger partial charge in [0, 0.05) is 6.92 Å². The molecular formula is C21H22O6. The van der Waals surface area contributed by atoms with Crippen molar-refractivity contribution < 1.29 is 28.6 Å². The largest absolute Gasteiger partial charge is 0.462 e. The number of para-hydroxylation sites is 1. The Bertz CT molecular complexity index is 810. The monoisotopic (exact) mass is 370 g/mol. The smallest absolute Gasteiger partial charge is 0.343 e. The van der Waals surface area contributed by atoms with Crippen molar-refractivity contribution in [1.82, 2.24) is 0 Å². The van der Waals surface area contributed by atoms with Gasteiger partial charge in [-0.1, -0.05) is 32.4 Å². The maximum Gasteiger partial charge on any atom is 0.343 e. The van der Waals surface area contributed by atoms with E-state index in [9.17, 15) is 14.4 Å². The fourth-order valence-electron chi connectivity index (χ4n) is 2.12. The van der Waals surface area contributed by atoms with E-state index in [1.165, 1.54) is 37.3 Å². The lowest BCUT2D eigenvalue weighted by Crippen LogP contribution is -2.15. The van der Waals surface area contributed by atoms with Crippen molar-refractivity contribution in [2.24, 2.45) is 5.92 Å². The van der Waals surface area contributed by atoms with Crippen LogP contribution in [0.15, 0.2) is 48.5 Å². The first kappa shape index (κ1) is 20.2. The molecule has 0 heterocycles. The zero-order chi connectivity index (χ0) is 19.8. The molecule has 27 heavy (non-hydrogen) atoms. The third kappa shape index (κ3) is 5.95. The molecule has 1 unspecified atom stereocenters. The standard InChI is InChI=1S/C21H22O6/c1-4-14(2)13-25-21(24)18-7-5-6-8-19(18)27-20(23)16-9-11-17(12-10-16)26-15(3)22/h5-12,14H,4,13H2,1-3H3. The molecule has 0 fully saturated rings. The molecule has 6 nitrogen and oxygen atoms in total. The minimum atomic E-state index is -0.633. The molecule has 2 rings (SSSR count). The summed E-state index contributed by atoms with van der Waals surface area (Å²) in [5.74, 6) is -0.918. The first-order chi connectivity index (χ1) is 12.9. The Morgan fingerprint density at radius 1 is 0.926 bits per heavy atom. The first-order valence-electron chi connectivity index (χ1n) is 8.67. The van der Waals surface area contributed by atoms with Crippen LogP contribution in [-0.4, -0.2) is 24.5 Å². The van der Waals surface area contributed by atoms with Crippen LogP contribution in [0.5, 0.6) is 11.5 Å². The fraction of sp³-hybridized carbons (Fsp3) is 0.286. The maximum absolute atomic E-state index is 12.4. The van der Waals surface area contributed by atoms with Crippen molar-refractivity contribution in [3.05, 3.63) is 59.7 Å². The van der Waals surface area contributed by atoms with E-state index in [0.29, 0.717) is 12.4 Å². The minimum Gasteiger partial charge on any atom is -0.462 e. The van der Waals surface area contributed by atoms with Gasteiger partial charge in [-0.15, -0.1) is 0 Å². The lowest BCUT2D eigenvalue weighted by atomic mass is 10.1.